The number of nitro benzene ring substituents is 2. The van der Waals surface area contributed by atoms with E-state index < -0.39 is 33.0 Å². The van der Waals surface area contributed by atoms with Crippen molar-refractivity contribution in [2.24, 2.45) is 5.73 Å². The molecule has 0 heterocycles. The van der Waals surface area contributed by atoms with Crippen molar-refractivity contribution in [2.45, 2.75) is 6.92 Å². The molecule has 0 aliphatic heterocycles. The number of nitrogens with one attached hydrogen (secondary N) is 1. The highest BCUT2D eigenvalue weighted by molar-refractivity contribution is 6.06. The largest absolute Gasteiger partial charge is 0.366 e. The van der Waals surface area contributed by atoms with Gasteiger partial charge in [0.2, 0.25) is 5.91 Å². The summed E-state index contributed by atoms with van der Waals surface area (Å²) in [4.78, 5) is 43.7. The normalized spacial score (nSPS) is 10.1. The van der Waals surface area contributed by atoms with E-state index in [-0.39, 0.29) is 16.7 Å². The fourth-order valence-corrected chi connectivity index (χ4v) is 2.13. The minimum Gasteiger partial charge on any atom is -0.366 e. The Balaban J connectivity index is 2.39. The molecule has 0 aromatic heterocycles. The Morgan fingerprint density at radius 2 is 1.64 bits per heavy atom. The van der Waals surface area contributed by atoms with E-state index in [0.717, 1.165) is 12.1 Å². The third-order valence-electron chi connectivity index (χ3n) is 3.44. The van der Waals surface area contributed by atoms with Gasteiger partial charge < -0.3 is 11.1 Å². The van der Waals surface area contributed by atoms with Gasteiger partial charge in [0.05, 0.1) is 21.5 Å². The van der Waals surface area contributed by atoms with Crippen LogP contribution in [0.3, 0.4) is 0 Å². The lowest BCUT2D eigenvalue weighted by Crippen LogP contribution is -2.15. The highest BCUT2D eigenvalue weighted by Gasteiger charge is 2.24. The number of anilines is 1. The number of benzene rings is 2. The zero-order chi connectivity index (χ0) is 18.7. The standard InChI is InChI=1S/C15H12N4O6/c1-8-12(6-11(18(22)23)7-13(8)19(24)25)15(21)17-10-4-2-9(3-5-10)14(16)20/h2-7H,1H3,(H2,16,20)(H,17,21). The average molecular weight is 344 g/mol. The van der Waals surface area contributed by atoms with Crippen LogP contribution in [0.15, 0.2) is 36.4 Å². The summed E-state index contributed by atoms with van der Waals surface area (Å²) in [7, 11) is 0. The predicted octanol–water partition coefficient (Wildman–Crippen LogP) is 2.16. The summed E-state index contributed by atoms with van der Waals surface area (Å²) in [6.07, 6.45) is 0. The number of amides is 2. The van der Waals surface area contributed by atoms with E-state index in [1.54, 1.807) is 0 Å². The molecule has 0 bridgehead atoms. The van der Waals surface area contributed by atoms with Crippen molar-refractivity contribution < 1.29 is 19.4 Å². The van der Waals surface area contributed by atoms with Crippen molar-refractivity contribution in [3.8, 4) is 0 Å². The molecule has 128 valence electrons. The summed E-state index contributed by atoms with van der Waals surface area (Å²) in [5.74, 6) is -1.39. The van der Waals surface area contributed by atoms with E-state index in [4.69, 9.17) is 5.73 Å². The van der Waals surface area contributed by atoms with Gasteiger partial charge in [-0.1, -0.05) is 0 Å². The minimum absolute atomic E-state index is 0.00172. The third kappa shape index (κ3) is 3.75. The maximum Gasteiger partial charge on any atom is 0.279 e. The molecule has 0 saturated carbocycles. The van der Waals surface area contributed by atoms with Crippen LogP contribution in [0, 0.1) is 27.2 Å². The fraction of sp³-hybridized carbons (Fsp3) is 0.0667. The maximum absolute atomic E-state index is 12.4. The highest BCUT2D eigenvalue weighted by atomic mass is 16.6. The van der Waals surface area contributed by atoms with Crippen LogP contribution in [0.4, 0.5) is 17.1 Å². The van der Waals surface area contributed by atoms with Gasteiger partial charge in [0.1, 0.15) is 0 Å². The number of carbonyl (C=O) groups is 2. The van der Waals surface area contributed by atoms with E-state index in [2.05, 4.69) is 5.32 Å². The van der Waals surface area contributed by atoms with Crippen molar-refractivity contribution in [1.82, 2.24) is 0 Å². The molecule has 0 unspecified atom stereocenters. The van der Waals surface area contributed by atoms with Crippen LogP contribution < -0.4 is 11.1 Å². The lowest BCUT2D eigenvalue weighted by molar-refractivity contribution is -0.394. The van der Waals surface area contributed by atoms with Gasteiger partial charge in [-0.3, -0.25) is 29.8 Å². The first-order valence-corrected chi connectivity index (χ1v) is 6.85. The second kappa shape index (κ2) is 6.74. The summed E-state index contributed by atoms with van der Waals surface area (Å²) in [6, 6.07) is 7.38. The molecule has 2 aromatic rings. The van der Waals surface area contributed by atoms with Crippen molar-refractivity contribution in [3.63, 3.8) is 0 Å². The first-order valence-electron chi connectivity index (χ1n) is 6.85. The predicted molar refractivity (Wildman–Crippen MR) is 87.4 cm³/mol. The van der Waals surface area contributed by atoms with Crippen LogP contribution in [-0.4, -0.2) is 21.7 Å². The van der Waals surface area contributed by atoms with Gasteiger partial charge in [-0.25, -0.2) is 0 Å². The van der Waals surface area contributed by atoms with Gasteiger partial charge in [-0.05, 0) is 31.2 Å². The quantitative estimate of drug-likeness (QED) is 0.624. The number of carbonyl (C=O) groups excluding carboxylic acids is 2. The first kappa shape index (κ1) is 17.5. The van der Waals surface area contributed by atoms with Gasteiger partial charge in [0, 0.05) is 22.9 Å². The molecule has 0 spiro atoms. The molecule has 25 heavy (non-hydrogen) atoms. The zero-order valence-corrected chi connectivity index (χ0v) is 12.9. The molecule has 0 saturated heterocycles. The minimum atomic E-state index is -0.815. The number of hydrogen-bond donors (Lipinski definition) is 2. The Bertz CT molecular complexity index is 892. The summed E-state index contributed by atoms with van der Waals surface area (Å²) in [6.45, 7) is 1.33. The number of nitro groups is 2. The lowest BCUT2D eigenvalue weighted by Gasteiger charge is -2.08. The molecular formula is C15H12N4O6. The highest BCUT2D eigenvalue weighted by Crippen LogP contribution is 2.28. The Kier molecular flexibility index (Phi) is 4.73. The molecule has 0 radical (unpaired) electrons. The third-order valence-corrected chi connectivity index (χ3v) is 3.44. The molecule has 2 aromatic carbocycles. The first-order chi connectivity index (χ1) is 11.7. The van der Waals surface area contributed by atoms with Crippen molar-refractivity contribution in [3.05, 3.63) is 73.3 Å². The van der Waals surface area contributed by atoms with Gasteiger partial charge in [-0.15, -0.1) is 0 Å². The van der Waals surface area contributed by atoms with E-state index in [1.807, 2.05) is 0 Å². The number of primary amides is 1. The Labute approximate surface area is 140 Å². The number of hydrogen-bond acceptors (Lipinski definition) is 6. The van der Waals surface area contributed by atoms with E-state index >= 15 is 0 Å². The molecule has 10 heteroatoms. The Morgan fingerprint density at radius 3 is 2.12 bits per heavy atom. The molecule has 2 rings (SSSR count). The maximum atomic E-state index is 12.4. The van der Waals surface area contributed by atoms with E-state index in [1.165, 1.54) is 31.2 Å². The van der Waals surface area contributed by atoms with Crippen LogP contribution in [0.1, 0.15) is 26.3 Å². The average Bonchev–Trinajstić information content (AvgIpc) is 2.54. The van der Waals surface area contributed by atoms with Gasteiger partial charge in [0.25, 0.3) is 17.3 Å². The number of non-ortho nitro benzene ring substituents is 1. The molecule has 0 aliphatic rings. The van der Waals surface area contributed by atoms with Crippen molar-refractivity contribution >= 4 is 28.9 Å². The van der Waals surface area contributed by atoms with E-state index in [0.29, 0.717) is 5.69 Å². The number of rotatable bonds is 5. The summed E-state index contributed by atoms with van der Waals surface area (Å²) in [5.41, 5.74) is 4.36. The molecule has 0 fully saturated rings. The van der Waals surface area contributed by atoms with E-state index in [9.17, 15) is 29.8 Å². The van der Waals surface area contributed by atoms with Crippen LogP contribution in [0.2, 0.25) is 0 Å². The number of nitrogens with zero attached hydrogens (tertiary/aromatic N) is 2. The van der Waals surface area contributed by atoms with Crippen molar-refractivity contribution in [2.75, 3.05) is 5.32 Å². The zero-order valence-electron chi connectivity index (χ0n) is 12.9. The van der Waals surface area contributed by atoms with Gasteiger partial charge in [0.15, 0.2) is 0 Å². The molecule has 2 amide bonds. The van der Waals surface area contributed by atoms with Gasteiger partial charge >= 0.3 is 0 Å². The SMILES string of the molecule is Cc1c(C(=O)Nc2ccc(C(N)=O)cc2)cc([N+](=O)[O-])cc1[N+](=O)[O-]. The second-order valence-electron chi connectivity index (χ2n) is 5.05. The van der Waals surface area contributed by atoms with Crippen LogP contribution >= 0.6 is 0 Å². The Morgan fingerprint density at radius 1 is 1.04 bits per heavy atom. The Hall–Kier alpha value is -3.82. The summed E-state index contributed by atoms with van der Waals surface area (Å²) >= 11 is 0. The molecule has 0 aliphatic carbocycles. The molecule has 3 N–H and O–H groups in total. The molecular weight excluding hydrogens is 332 g/mol. The van der Waals surface area contributed by atoms with Gasteiger partial charge in [-0.2, -0.15) is 0 Å². The summed E-state index contributed by atoms with van der Waals surface area (Å²) in [5, 5.41) is 24.4. The monoisotopic (exact) mass is 344 g/mol. The van der Waals surface area contributed by atoms with Crippen LogP contribution in [0.5, 0.6) is 0 Å². The smallest absolute Gasteiger partial charge is 0.279 e. The summed E-state index contributed by atoms with van der Waals surface area (Å²) < 4.78 is 0. The van der Waals surface area contributed by atoms with Crippen molar-refractivity contribution in [1.29, 1.82) is 0 Å². The molecule has 0 atom stereocenters. The fourth-order valence-electron chi connectivity index (χ4n) is 2.13. The lowest BCUT2D eigenvalue weighted by atomic mass is 10.0. The number of nitrogens with two attached hydrogens (primary N) is 1. The van der Waals surface area contributed by atoms with Crippen LogP contribution in [-0.2, 0) is 0 Å². The topological polar surface area (TPSA) is 158 Å². The van der Waals surface area contributed by atoms with Crippen LogP contribution in [0.25, 0.3) is 0 Å². The second-order valence-corrected chi connectivity index (χ2v) is 5.05. The molecule has 10 nitrogen and oxygen atoms in total.